The van der Waals surface area contributed by atoms with Crippen molar-refractivity contribution >= 4 is 34.5 Å². The van der Waals surface area contributed by atoms with E-state index < -0.39 is 0 Å². The van der Waals surface area contributed by atoms with Crippen LogP contribution in [0.3, 0.4) is 0 Å². The number of rotatable bonds is 5. The van der Waals surface area contributed by atoms with Crippen molar-refractivity contribution in [2.45, 2.75) is 36.5 Å². The number of imidazole rings is 1. The lowest BCUT2D eigenvalue weighted by atomic mass is 9.96. The van der Waals surface area contributed by atoms with Gasteiger partial charge in [0.25, 0.3) is 0 Å². The van der Waals surface area contributed by atoms with Crippen LogP contribution in [-0.2, 0) is 26.6 Å². The molecule has 1 aliphatic heterocycles. The molecule has 5 aromatic rings. The topological polar surface area (TPSA) is 91.1 Å². The molecule has 1 N–H and O–H groups in total. The molecular formula is C30H26ClN5O2S. The molecule has 3 aromatic carbocycles. The van der Waals surface area contributed by atoms with Crippen molar-refractivity contribution in [2.75, 3.05) is 13.6 Å². The Labute approximate surface area is 235 Å². The number of likely N-dealkylation sites (N-methyl/N-ethyl adjacent to an activating group) is 1. The van der Waals surface area contributed by atoms with E-state index >= 15 is 0 Å². The second-order valence-corrected chi connectivity index (χ2v) is 11.2. The Kier molecular flexibility index (Phi) is 6.69. The number of aromatic nitrogens is 3. The highest BCUT2D eigenvalue weighted by Crippen LogP contribution is 2.42. The normalized spacial score (nSPS) is 13.5. The largest absolute Gasteiger partial charge is 0.435 e. The van der Waals surface area contributed by atoms with Crippen molar-refractivity contribution in [3.05, 3.63) is 81.6 Å². The Balaban J connectivity index is 1.38. The van der Waals surface area contributed by atoms with Gasteiger partial charge < -0.3 is 19.0 Å². The summed E-state index contributed by atoms with van der Waals surface area (Å²) in [6, 6.07) is 17.5. The second-order valence-electron chi connectivity index (χ2n) is 9.81. The minimum Gasteiger partial charge on any atom is -0.435 e. The first-order valence-corrected chi connectivity index (χ1v) is 13.8. The molecule has 7 nitrogen and oxygen atoms in total. The number of benzene rings is 3. The van der Waals surface area contributed by atoms with E-state index in [1.807, 2.05) is 43.3 Å². The summed E-state index contributed by atoms with van der Waals surface area (Å²) in [5, 5.41) is 20.7. The van der Waals surface area contributed by atoms with Crippen LogP contribution in [0.4, 0.5) is 0 Å². The predicted octanol–water partition coefficient (Wildman–Crippen LogP) is 6.36. The summed E-state index contributed by atoms with van der Waals surface area (Å²) in [6.45, 7) is 3.73. The van der Waals surface area contributed by atoms with Gasteiger partial charge in [0.05, 0.1) is 22.9 Å². The molecule has 0 spiro atoms. The van der Waals surface area contributed by atoms with Gasteiger partial charge in [-0.05, 0) is 54.9 Å². The molecule has 0 aliphatic carbocycles. The maximum absolute atomic E-state index is 9.58. The van der Waals surface area contributed by atoms with Gasteiger partial charge in [-0.3, -0.25) is 0 Å². The quantitative estimate of drug-likeness (QED) is 0.270. The Bertz CT molecular complexity index is 1780. The molecule has 0 saturated carbocycles. The third-order valence-corrected chi connectivity index (χ3v) is 8.90. The van der Waals surface area contributed by atoms with Crippen LogP contribution >= 0.6 is 23.4 Å². The number of nitrogens with zero attached hydrogens (tertiary/aromatic N) is 5. The van der Waals surface area contributed by atoms with Crippen LogP contribution in [0.15, 0.2) is 63.0 Å². The number of oxazole rings is 1. The molecule has 9 heteroatoms. The van der Waals surface area contributed by atoms with Crippen LogP contribution in [-0.4, -0.2) is 38.1 Å². The highest BCUT2D eigenvalue weighted by molar-refractivity contribution is 7.99. The van der Waals surface area contributed by atoms with E-state index in [9.17, 15) is 10.4 Å². The van der Waals surface area contributed by atoms with Gasteiger partial charge in [0.15, 0.2) is 10.7 Å². The van der Waals surface area contributed by atoms with Gasteiger partial charge in [-0.25, -0.2) is 9.97 Å². The molecule has 0 saturated heterocycles. The van der Waals surface area contributed by atoms with Gasteiger partial charge in [0.2, 0.25) is 5.89 Å². The van der Waals surface area contributed by atoms with E-state index in [0.29, 0.717) is 33.1 Å². The summed E-state index contributed by atoms with van der Waals surface area (Å²) < 4.78 is 8.26. The molecule has 0 fully saturated rings. The Morgan fingerprint density at radius 1 is 1.10 bits per heavy atom. The molecule has 196 valence electrons. The first-order chi connectivity index (χ1) is 18.9. The monoisotopic (exact) mass is 555 g/mol. The average molecular weight is 556 g/mol. The van der Waals surface area contributed by atoms with Crippen LogP contribution in [0.2, 0.25) is 5.02 Å². The smallest absolute Gasteiger partial charge is 0.227 e. The van der Waals surface area contributed by atoms with Gasteiger partial charge in [-0.15, -0.1) is 0 Å². The number of fused-ring (bicyclic) bond motifs is 2. The molecule has 0 bridgehead atoms. The van der Waals surface area contributed by atoms with Crippen molar-refractivity contribution in [2.24, 2.45) is 7.05 Å². The zero-order valence-corrected chi connectivity index (χ0v) is 23.4. The lowest BCUT2D eigenvalue weighted by Crippen LogP contribution is -2.27. The molecule has 1 aliphatic rings. The van der Waals surface area contributed by atoms with E-state index in [4.69, 9.17) is 21.0 Å². The number of aliphatic hydroxyl groups excluding tert-OH is 1. The van der Waals surface area contributed by atoms with Crippen molar-refractivity contribution in [1.29, 1.82) is 5.26 Å². The van der Waals surface area contributed by atoms with E-state index in [0.717, 1.165) is 57.5 Å². The zero-order chi connectivity index (χ0) is 27.3. The molecule has 3 heterocycles. The van der Waals surface area contributed by atoms with Crippen LogP contribution in [0, 0.1) is 18.3 Å². The number of nitriles is 1. The van der Waals surface area contributed by atoms with Crippen LogP contribution < -0.4 is 0 Å². The lowest BCUT2D eigenvalue weighted by Gasteiger charge is -2.21. The number of hydrogen-bond acceptors (Lipinski definition) is 7. The number of hydrogen-bond donors (Lipinski definition) is 1. The number of aliphatic hydroxyl groups is 1. The highest BCUT2D eigenvalue weighted by atomic mass is 35.5. The molecule has 2 aromatic heterocycles. The fraction of sp³-hybridized carbons (Fsp3) is 0.233. The van der Waals surface area contributed by atoms with Crippen LogP contribution in [0.25, 0.3) is 33.7 Å². The maximum Gasteiger partial charge on any atom is 0.227 e. The maximum atomic E-state index is 9.58. The summed E-state index contributed by atoms with van der Waals surface area (Å²) in [5.41, 5.74) is 8.00. The van der Waals surface area contributed by atoms with Gasteiger partial charge in [0.1, 0.15) is 11.6 Å². The SMILES string of the molecule is Cc1c(-c2nc3cc(CO)cc(C#N)c3o2)cccc1-c1cccc(Sc2nc3c(n2C)CCN(C)C3)c1Cl. The minimum atomic E-state index is -0.174. The summed E-state index contributed by atoms with van der Waals surface area (Å²) in [7, 11) is 4.20. The first kappa shape index (κ1) is 25.7. The fourth-order valence-corrected chi connectivity index (χ4v) is 6.45. The van der Waals surface area contributed by atoms with Crippen molar-refractivity contribution in [3.63, 3.8) is 0 Å². The van der Waals surface area contributed by atoms with Gasteiger partial charge >= 0.3 is 0 Å². The summed E-state index contributed by atoms with van der Waals surface area (Å²) >= 11 is 8.62. The average Bonchev–Trinajstić information content (AvgIpc) is 3.50. The predicted molar refractivity (Wildman–Crippen MR) is 153 cm³/mol. The van der Waals surface area contributed by atoms with Gasteiger partial charge in [-0.1, -0.05) is 47.6 Å². The number of halogens is 1. The van der Waals surface area contributed by atoms with E-state index in [1.54, 1.807) is 23.9 Å². The molecule has 0 atom stereocenters. The van der Waals surface area contributed by atoms with E-state index in [2.05, 4.69) is 34.6 Å². The van der Waals surface area contributed by atoms with Gasteiger partial charge in [-0.2, -0.15) is 5.26 Å². The molecule has 0 radical (unpaired) electrons. The molecular weight excluding hydrogens is 530 g/mol. The lowest BCUT2D eigenvalue weighted by molar-refractivity contribution is 0.282. The summed E-state index contributed by atoms with van der Waals surface area (Å²) in [6.07, 6.45) is 0.989. The van der Waals surface area contributed by atoms with Crippen molar-refractivity contribution in [1.82, 2.24) is 19.4 Å². The second kappa shape index (κ2) is 10.2. The third-order valence-electron chi connectivity index (χ3n) is 7.28. The standard InChI is InChI=1S/C30H26ClN5O2S/c1-17-20(6-4-7-21(17)29-33-23-13-18(16-37)12-19(14-32)28(23)38-29)22-8-5-9-26(27(22)31)39-30-34-24-15-35(2)11-10-25(24)36(30)3/h4-9,12-13,37H,10-11,15-16H2,1-3H3. The van der Waals surface area contributed by atoms with Crippen molar-refractivity contribution < 1.29 is 9.52 Å². The fourth-order valence-electron chi connectivity index (χ4n) is 5.16. The highest BCUT2D eigenvalue weighted by Gasteiger charge is 2.23. The van der Waals surface area contributed by atoms with Crippen molar-refractivity contribution in [3.8, 4) is 28.7 Å². The van der Waals surface area contributed by atoms with Crippen LogP contribution in [0.5, 0.6) is 0 Å². The van der Waals surface area contributed by atoms with E-state index in [1.165, 1.54) is 5.69 Å². The Hall–Kier alpha value is -3.61. The third kappa shape index (κ3) is 4.52. The van der Waals surface area contributed by atoms with Crippen LogP contribution in [0.1, 0.15) is 28.1 Å². The Morgan fingerprint density at radius 2 is 1.87 bits per heavy atom. The summed E-state index contributed by atoms with van der Waals surface area (Å²) in [5.74, 6) is 0.418. The zero-order valence-electron chi connectivity index (χ0n) is 21.8. The van der Waals surface area contributed by atoms with E-state index in [-0.39, 0.29) is 6.61 Å². The first-order valence-electron chi connectivity index (χ1n) is 12.6. The Morgan fingerprint density at radius 3 is 2.67 bits per heavy atom. The molecule has 0 unspecified atom stereocenters. The molecule has 0 amide bonds. The molecule has 6 rings (SSSR count). The van der Waals surface area contributed by atoms with Gasteiger partial charge in [0, 0.05) is 48.3 Å². The molecule has 39 heavy (non-hydrogen) atoms. The minimum absolute atomic E-state index is 0.174. The summed E-state index contributed by atoms with van der Waals surface area (Å²) in [4.78, 5) is 12.8.